The highest BCUT2D eigenvalue weighted by Gasteiger charge is 2.34. The summed E-state index contributed by atoms with van der Waals surface area (Å²) in [5.74, 6) is 0.846. The van der Waals surface area contributed by atoms with E-state index in [1.165, 1.54) is 12.8 Å². The van der Waals surface area contributed by atoms with E-state index in [2.05, 4.69) is 9.88 Å². The number of carbonyl (C=O) groups is 1. The minimum atomic E-state index is -0.0425. The predicted octanol–water partition coefficient (Wildman–Crippen LogP) is 3.45. The molecule has 2 aromatic heterocycles. The number of aryl methyl sites for hydroxylation is 1. The quantitative estimate of drug-likeness (QED) is 0.669. The van der Waals surface area contributed by atoms with Gasteiger partial charge in [-0.15, -0.1) is 0 Å². The van der Waals surface area contributed by atoms with Gasteiger partial charge in [-0.1, -0.05) is 18.2 Å². The van der Waals surface area contributed by atoms with E-state index < -0.39 is 0 Å². The molecule has 1 amide bonds. The number of hydrogen-bond donors (Lipinski definition) is 0. The molecule has 0 bridgehead atoms. The number of anilines is 1. The summed E-state index contributed by atoms with van der Waals surface area (Å²) in [6.07, 6.45) is 8.09. The van der Waals surface area contributed by atoms with E-state index in [0.717, 1.165) is 60.9 Å². The van der Waals surface area contributed by atoms with Crippen molar-refractivity contribution in [3.05, 3.63) is 60.0 Å². The third-order valence-electron chi connectivity index (χ3n) is 6.02. The smallest absolute Gasteiger partial charge is 0.254 e. The first-order valence-corrected chi connectivity index (χ1v) is 10.7. The van der Waals surface area contributed by atoms with Crippen LogP contribution in [-0.4, -0.2) is 50.2 Å². The van der Waals surface area contributed by atoms with Crippen LogP contribution in [0.3, 0.4) is 0 Å². The third-order valence-corrected chi connectivity index (χ3v) is 6.02. The van der Waals surface area contributed by atoms with Crippen molar-refractivity contribution in [1.29, 1.82) is 0 Å². The first-order valence-electron chi connectivity index (χ1n) is 10.7. The molecule has 1 atom stereocenters. The maximum Gasteiger partial charge on any atom is 0.254 e. The van der Waals surface area contributed by atoms with Crippen LogP contribution in [0.15, 0.2) is 48.8 Å². The fraction of sp³-hybridized carbons (Fsp3) is 0.391. The fourth-order valence-electron chi connectivity index (χ4n) is 4.56. The minimum Gasteiger partial charge on any atom is -0.341 e. The number of rotatable bonds is 4. The van der Waals surface area contributed by atoms with Gasteiger partial charge in [0.2, 0.25) is 5.95 Å². The molecule has 0 saturated carbocycles. The van der Waals surface area contributed by atoms with Gasteiger partial charge in [0.1, 0.15) is 0 Å². The zero-order valence-electron chi connectivity index (χ0n) is 17.2. The van der Waals surface area contributed by atoms with E-state index in [0.29, 0.717) is 0 Å². The summed E-state index contributed by atoms with van der Waals surface area (Å²) in [5, 5.41) is 4.77. The Labute approximate surface area is 176 Å². The maximum absolute atomic E-state index is 13.2. The minimum absolute atomic E-state index is 0.0425. The van der Waals surface area contributed by atoms with Crippen molar-refractivity contribution in [3.8, 4) is 11.3 Å². The molecule has 0 aliphatic carbocycles. The van der Waals surface area contributed by atoms with Crippen molar-refractivity contribution in [1.82, 2.24) is 24.6 Å². The molecule has 5 rings (SSSR count). The second-order valence-electron chi connectivity index (χ2n) is 8.06. The molecule has 2 saturated heterocycles. The molecular formula is C23H26N6O. The van der Waals surface area contributed by atoms with Gasteiger partial charge in [0.05, 0.1) is 17.4 Å². The molecular weight excluding hydrogens is 376 g/mol. The van der Waals surface area contributed by atoms with Crippen molar-refractivity contribution in [2.24, 2.45) is 7.05 Å². The van der Waals surface area contributed by atoms with Gasteiger partial charge in [-0.25, -0.2) is 9.97 Å². The van der Waals surface area contributed by atoms with Crippen molar-refractivity contribution >= 4 is 11.9 Å². The zero-order valence-corrected chi connectivity index (χ0v) is 17.2. The molecule has 3 aromatic rings. The summed E-state index contributed by atoms with van der Waals surface area (Å²) in [6.45, 7) is 2.76. The van der Waals surface area contributed by atoms with Gasteiger partial charge in [0.25, 0.3) is 5.91 Å². The number of nitrogens with zero attached hydrogens (tertiary/aromatic N) is 6. The Morgan fingerprint density at radius 1 is 1.03 bits per heavy atom. The Balaban J connectivity index is 1.49. The summed E-state index contributed by atoms with van der Waals surface area (Å²) in [4.78, 5) is 26.7. The van der Waals surface area contributed by atoms with Crippen LogP contribution in [0.1, 0.15) is 47.8 Å². The largest absolute Gasteiger partial charge is 0.341 e. The lowest BCUT2D eigenvalue weighted by Crippen LogP contribution is -2.31. The van der Waals surface area contributed by atoms with Gasteiger partial charge in [-0.3, -0.25) is 9.48 Å². The van der Waals surface area contributed by atoms with Gasteiger partial charge < -0.3 is 9.80 Å². The van der Waals surface area contributed by atoms with Crippen LogP contribution in [0.5, 0.6) is 0 Å². The molecule has 0 unspecified atom stereocenters. The summed E-state index contributed by atoms with van der Waals surface area (Å²) in [5.41, 5.74) is 3.50. The monoisotopic (exact) mass is 402 g/mol. The molecule has 0 spiro atoms. The lowest BCUT2D eigenvalue weighted by atomic mass is 10.0. The number of carbonyl (C=O) groups excluding carboxylic acids is 1. The highest BCUT2D eigenvalue weighted by atomic mass is 16.2. The zero-order chi connectivity index (χ0) is 20.5. The molecule has 30 heavy (non-hydrogen) atoms. The SMILES string of the molecule is Cn1cc(-c2ccnc(N3CCCC3)n2)c([C@H]2CCCN2C(=O)c2ccccc2)n1. The number of benzene rings is 1. The fourth-order valence-corrected chi connectivity index (χ4v) is 4.56. The van der Waals surface area contributed by atoms with E-state index in [9.17, 15) is 4.79 Å². The molecule has 2 fully saturated rings. The Morgan fingerprint density at radius 3 is 2.63 bits per heavy atom. The van der Waals surface area contributed by atoms with Gasteiger partial charge >= 0.3 is 0 Å². The van der Waals surface area contributed by atoms with Crippen LogP contribution in [0.25, 0.3) is 11.3 Å². The maximum atomic E-state index is 13.2. The highest BCUT2D eigenvalue weighted by Crippen LogP contribution is 2.37. The van der Waals surface area contributed by atoms with E-state index >= 15 is 0 Å². The van der Waals surface area contributed by atoms with Crippen LogP contribution in [0.2, 0.25) is 0 Å². The van der Waals surface area contributed by atoms with Crippen LogP contribution in [0, 0.1) is 0 Å². The third kappa shape index (κ3) is 3.44. The first kappa shape index (κ1) is 18.8. The lowest BCUT2D eigenvalue weighted by Gasteiger charge is -2.24. The second-order valence-corrected chi connectivity index (χ2v) is 8.06. The number of aromatic nitrogens is 4. The predicted molar refractivity (Wildman–Crippen MR) is 115 cm³/mol. The topological polar surface area (TPSA) is 67.2 Å². The number of likely N-dealkylation sites (tertiary alicyclic amines) is 1. The van der Waals surface area contributed by atoms with E-state index in [-0.39, 0.29) is 11.9 Å². The average Bonchev–Trinajstić information content (AvgIpc) is 3.54. The molecule has 4 heterocycles. The Morgan fingerprint density at radius 2 is 1.83 bits per heavy atom. The average molecular weight is 403 g/mol. The van der Waals surface area contributed by atoms with Gasteiger partial charge in [-0.2, -0.15) is 5.10 Å². The molecule has 2 aliphatic heterocycles. The summed E-state index contributed by atoms with van der Waals surface area (Å²) in [7, 11) is 1.92. The van der Waals surface area contributed by atoms with E-state index in [1.54, 1.807) is 0 Å². The lowest BCUT2D eigenvalue weighted by molar-refractivity contribution is 0.0733. The Kier molecular flexibility index (Phi) is 4.94. The van der Waals surface area contributed by atoms with Crippen LogP contribution >= 0.6 is 0 Å². The number of hydrogen-bond acceptors (Lipinski definition) is 5. The van der Waals surface area contributed by atoms with Crippen molar-refractivity contribution < 1.29 is 4.79 Å². The van der Waals surface area contributed by atoms with Crippen molar-refractivity contribution in [2.75, 3.05) is 24.5 Å². The first-order chi connectivity index (χ1) is 14.7. The normalized spacial score (nSPS) is 18.9. The molecule has 1 aromatic carbocycles. The second kappa shape index (κ2) is 7.89. The molecule has 7 heteroatoms. The highest BCUT2D eigenvalue weighted by molar-refractivity contribution is 5.94. The molecule has 2 aliphatic rings. The summed E-state index contributed by atoms with van der Waals surface area (Å²) >= 11 is 0. The Bertz CT molecular complexity index is 1040. The van der Waals surface area contributed by atoms with Crippen molar-refractivity contribution in [2.45, 2.75) is 31.7 Å². The van der Waals surface area contributed by atoms with E-state index in [1.807, 2.05) is 65.4 Å². The Hall–Kier alpha value is -3.22. The number of amides is 1. The summed E-state index contributed by atoms with van der Waals surface area (Å²) < 4.78 is 1.83. The van der Waals surface area contributed by atoms with E-state index in [4.69, 9.17) is 10.1 Å². The molecule has 0 N–H and O–H groups in total. The molecule has 0 radical (unpaired) electrons. The summed E-state index contributed by atoms with van der Waals surface area (Å²) in [6, 6.07) is 11.4. The molecule has 7 nitrogen and oxygen atoms in total. The van der Waals surface area contributed by atoms with Gasteiger partial charge in [0, 0.05) is 50.2 Å². The van der Waals surface area contributed by atoms with Gasteiger partial charge in [0.15, 0.2) is 0 Å². The standard InChI is InChI=1S/C23H26N6O/c1-27-16-18(19-11-12-24-23(25-19)28-13-5-6-14-28)21(26-27)20-10-7-15-29(20)22(30)17-8-3-2-4-9-17/h2-4,8-9,11-12,16,20H,5-7,10,13-15H2,1H3/t20-/m1/s1. The van der Waals surface area contributed by atoms with Crippen LogP contribution in [-0.2, 0) is 7.05 Å². The van der Waals surface area contributed by atoms with Crippen LogP contribution in [0.4, 0.5) is 5.95 Å². The van der Waals surface area contributed by atoms with Crippen molar-refractivity contribution in [3.63, 3.8) is 0 Å². The van der Waals surface area contributed by atoms with Gasteiger partial charge in [-0.05, 0) is 43.9 Å². The van der Waals surface area contributed by atoms with Crippen LogP contribution < -0.4 is 4.90 Å². The molecule has 154 valence electrons.